The first-order chi connectivity index (χ1) is 11.8. The molecule has 0 aromatic heterocycles. The molecule has 0 unspecified atom stereocenters. The third-order valence-electron chi connectivity index (χ3n) is 3.30. The molecule has 5 nitrogen and oxygen atoms in total. The number of nitrogens with one attached hydrogen (secondary N) is 2. The van der Waals surface area contributed by atoms with E-state index in [0.717, 1.165) is 0 Å². The molecule has 2 N–H and O–H groups in total. The fraction of sp³-hybridized carbons (Fsp3) is 0.300. The molecule has 0 saturated carbocycles. The summed E-state index contributed by atoms with van der Waals surface area (Å²) in [5.41, 5.74) is 1.17. The van der Waals surface area contributed by atoms with Crippen LogP contribution in [0.1, 0.15) is 48.4 Å². The Balaban J connectivity index is 2.17. The van der Waals surface area contributed by atoms with Crippen molar-refractivity contribution in [2.24, 2.45) is 0 Å². The van der Waals surface area contributed by atoms with Crippen molar-refractivity contribution >= 4 is 17.5 Å². The van der Waals surface area contributed by atoms with E-state index >= 15 is 0 Å². The number of rotatable bonds is 5. The second kappa shape index (κ2) is 7.83. The summed E-state index contributed by atoms with van der Waals surface area (Å²) in [6, 6.07) is 13.9. The molecule has 132 valence electrons. The van der Waals surface area contributed by atoms with E-state index < -0.39 is 0 Å². The summed E-state index contributed by atoms with van der Waals surface area (Å²) >= 11 is 0. The summed E-state index contributed by atoms with van der Waals surface area (Å²) in [6.45, 7) is 8.10. The third kappa shape index (κ3) is 5.35. The van der Waals surface area contributed by atoms with Crippen LogP contribution in [0.25, 0.3) is 0 Å². The van der Waals surface area contributed by atoms with Gasteiger partial charge in [-0.05, 0) is 58.0 Å². The molecule has 0 aliphatic rings. The average Bonchev–Trinajstić information content (AvgIpc) is 2.54. The standard InChI is InChI=1S/C20H24N2O3/c1-5-25-17-12-7-6-11-16(17)19(24)21-15-10-8-9-14(13-15)18(23)22-20(2,3)4/h6-13H,5H2,1-4H3,(H,21,24)(H,22,23). The lowest BCUT2D eigenvalue weighted by atomic mass is 10.1. The van der Waals surface area contributed by atoms with E-state index in [1.54, 1.807) is 42.5 Å². The van der Waals surface area contributed by atoms with Crippen LogP contribution in [0.3, 0.4) is 0 Å². The Kier molecular flexibility index (Phi) is 5.80. The average molecular weight is 340 g/mol. The normalized spacial score (nSPS) is 10.9. The van der Waals surface area contributed by atoms with E-state index in [1.807, 2.05) is 33.8 Å². The Morgan fingerprint density at radius 3 is 2.40 bits per heavy atom. The first kappa shape index (κ1) is 18.5. The fourth-order valence-electron chi connectivity index (χ4n) is 2.28. The van der Waals surface area contributed by atoms with Crippen LogP contribution in [0, 0.1) is 0 Å². The molecular formula is C20H24N2O3. The molecule has 0 fully saturated rings. The summed E-state index contributed by atoms with van der Waals surface area (Å²) in [6.07, 6.45) is 0. The molecule has 0 heterocycles. The predicted octanol–water partition coefficient (Wildman–Crippen LogP) is 3.87. The Morgan fingerprint density at radius 1 is 1.00 bits per heavy atom. The topological polar surface area (TPSA) is 67.4 Å². The number of para-hydroxylation sites is 1. The van der Waals surface area contributed by atoms with Crippen LogP contribution >= 0.6 is 0 Å². The maximum absolute atomic E-state index is 12.5. The zero-order valence-electron chi connectivity index (χ0n) is 15.1. The number of benzene rings is 2. The summed E-state index contributed by atoms with van der Waals surface area (Å²) in [5.74, 6) is 0.0693. The number of amides is 2. The number of hydrogen-bond donors (Lipinski definition) is 2. The van der Waals surface area contributed by atoms with E-state index in [2.05, 4.69) is 10.6 Å². The molecule has 2 aromatic rings. The van der Waals surface area contributed by atoms with Crippen molar-refractivity contribution in [3.05, 3.63) is 59.7 Å². The highest BCUT2D eigenvalue weighted by atomic mass is 16.5. The van der Waals surface area contributed by atoms with Crippen molar-refractivity contribution in [2.45, 2.75) is 33.2 Å². The van der Waals surface area contributed by atoms with Crippen LogP contribution in [-0.2, 0) is 0 Å². The Labute approximate surface area is 148 Å². The second-order valence-corrected chi connectivity index (χ2v) is 6.67. The van der Waals surface area contributed by atoms with Crippen molar-refractivity contribution in [3.8, 4) is 5.75 Å². The van der Waals surface area contributed by atoms with Crippen LogP contribution < -0.4 is 15.4 Å². The second-order valence-electron chi connectivity index (χ2n) is 6.67. The minimum atomic E-state index is -0.327. The summed E-state index contributed by atoms with van der Waals surface area (Å²) in [7, 11) is 0. The molecule has 0 aliphatic carbocycles. The molecule has 25 heavy (non-hydrogen) atoms. The van der Waals surface area contributed by atoms with Gasteiger partial charge in [0.15, 0.2) is 0 Å². The highest BCUT2D eigenvalue weighted by molar-refractivity contribution is 6.06. The van der Waals surface area contributed by atoms with Crippen LogP contribution in [0.4, 0.5) is 5.69 Å². The van der Waals surface area contributed by atoms with Crippen LogP contribution in [0.5, 0.6) is 5.75 Å². The number of hydrogen-bond acceptors (Lipinski definition) is 3. The van der Waals surface area contributed by atoms with Gasteiger partial charge >= 0.3 is 0 Å². The van der Waals surface area contributed by atoms with Gasteiger partial charge in [-0.3, -0.25) is 9.59 Å². The molecule has 2 aromatic carbocycles. The third-order valence-corrected chi connectivity index (χ3v) is 3.30. The number of carbonyl (C=O) groups is 2. The molecule has 0 atom stereocenters. The number of ether oxygens (including phenoxy) is 1. The molecule has 2 amide bonds. The molecule has 0 bridgehead atoms. The lowest BCUT2D eigenvalue weighted by molar-refractivity contribution is 0.0918. The molecular weight excluding hydrogens is 316 g/mol. The molecule has 5 heteroatoms. The van der Waals surface area contributed by atoms with Gasteiger partial charge < -0.3 is 15.4 Å². The van der Waals surface area contributed by atoms with Gasteiger partial charge in [0.05, 0.1) is 12.2 Å². The van der Waals surface area contributed by atoms with Crippen molar-refractivity contribution in [1.82, 2.24) is 5.32 Å². The summed E-state index contributed by atoms with van der Waals surface area (Å²) < 4.78 is 5.49. The van der Waals surface area contributed by atoms with E-state index in [0.29, 0.717) is 29.2 Å². The van der Waals surface area contributed by atoms with Gasteiger partial charge in [0, 0.05) is 16.8 Å². The SMILES string of the molecule is CCOc1ccccc1C(=O)Nc1cccc(C(=O)NC(C)(C)C)c1. The van der Waals surface area contributed by atoms with Crippen LogP contribution in [-0.4, -0.2) is 24.0 Å². The van der Waals surface area contributed by atoms with Gasteiger partial charge in [0.2, 0.25) is 0 Å². The van der Waals surface area contributed by atoms with E-state index in [9.17, 15) is 9.59 Å². The smallest absolute Gasteiger partial charge is 0.259 e. The van der Waals surface area contributed by atoms with Gasteiger partial charge in [0.1, 0.15) is 5.75 Å². The van der Waals surface area contributed by atoms with Gasteiger partial charge in [-0.1, -0.05) is 18.2 Å². The highest BCUT2D eigenvalue weighted by Gasteiger charge is 2.16. The van der Waals surface area contributed by atoms with Crippen molar-refractivity contribution in [3.63, 3.8) is 0 Å². The van der Waals surface area contributed by atoms with E-state index in [1.165, 1.54) is 0 Å². The Bertz CT molecular complexity index is 764. The van der Waals surface area contributed by atoms with E-state index in [4.69, 9.17) is 4.74 Å². The maximum atomic E-state index is 12.5. The van der Waals surface area contributed by atoms with Crippen molar-refractivity contribution in [2.75, 3.05) is 11.9 Å². The van der Waals surface area contributed by atoms with Crippen molar-refractivity contribution < 1.29 is 14.3 Å². The van der Waals surface area contributed by atoms with Crippen LogP contribution in [0.15, 0.2) is 48.5 Å². The first-order valence-electron chi connectivity index (χ1n) is 8.26. The van der Waals surface area contributed by atoms with Gasteiger partial charge in [-0.2, -0.15) is 0 Å². The molecule has 0 spiro atoms. The monoisotopic (exact) mass is 340 g/mol. The minimum Gasteiger partial charge on any atom is -0.493 e. The number of carbonyl (C=O) groups excluding carboxylic acids is 2. The maximum Gasteiger partial charge on any atom is 0.259 e. The Morgan fingerprint density at radius 2 is 1.72 bits per heavy atom. The summed E-state index contributed by atoms with van der Waals surface area (Å²) in [5, 5.41) is 5.72. The zero-order chi connectivity index (χ0) is 18.4. The van der Waals surface area contributed by atoms with E-state index in [-0.39, 0.29) is 17.4 Å². The van der Waals surface area contributed by atoms with Crippen molar-refractivity contribution in [1.29, 1.82) is 0 Å². The largest absolute Gasteiger partial charge is 0.493 e. The van der Waals surface area contributed by atoms with Gasteiger partial charge in [-0.15, -0.1) is 0 Å². The Hall–Kier alpha value is -2.82. The molecule has 0 saturated heterocycles. The fourth-order valence-corrected chi connectivity index (χ4v) is 2.28. The highest BCUT2D eigenvalue weighted by Crippen LogP contribution is 2.20. The lowest BCUT2D eigenvalue weighted by Gasteiger charge is -2.20. The summed E-state index contributed by atoms with van der Waals surface area (Å²) in [4.78, 5) is 24.8. The molecule has 2 rings (SSSR count). The van der Waals surface area contributed by atoms with Crippen LogP contribution in [0.2, 0.25) is 0 Å². The van der Waals surface area contributed by atoms with Gasteiger partial charge in [-0.25, -0.2) is 0 Å². The first-order valence-corrected chi connectivity index (χ1v) is 8.26. The molecule has 0 aliphatic heterocycles. The zero-order valence-corrected chi connectivity index (χ0v) is 15.1. The minimum absolute atomic E-state index is 0.182. The predicted molar refractivity (Wildman–Crippen MR) is 99.2 cm³/mol. The molecule has 0 radical (unpaired) electrons. The lowest BCUT2D eigenvalue weighted by Crippen LogP contribution is -2.40. The number of anilines is 1. The quantitative estimate of drug-likeness (QED) is 0.868. The van der Waals surface area contributed by atoms with Gasteiger partial charge in [0.25, 0.3) is 11.8 Å².